The van der Waals surface area contributed by atoms with E-state index in [1.54, 1.807) is 20.3 Å². The molecule has 0 unspecified atom stereocenters. The van der Waals surface area contributed by atoms with E-state index in [0.29, 0.717) is 22.4 Å². The highest BCUT2D eigenvalue weighted by atomic mass is 32.2. The first kappa shape index (κ1) is 23.8. The molecule has 0 radical (unpaired) electrons. The van der Waals surface area contributed by atoms with Gasteiger partial charge < -0.3 is 14.8 Å². The van der Waals surface area contributed by atoms with Crippen molar-refractivity contribution < 1.29 is 19.2 Å². The third-order valence-corrected chi connectivity index (χ3v) is 5.91. The predicted molar refractivity (Wildman–Crippen MR) is 132 cm³/mol. The number of thioether (sulfide) groups is 1. The molecule has 1 N–H and O–H groups in total. The molecule has 10 nitrogen and oxygen atoms in total. The summed E-state index contributed by atoms with van der Waals surface area (Å²) in [5.41, 5.74) is 1.87. The molecule has 1 amide bonds. The van der Waals surface area contributed by atoms with Gasteiger partial charge in [-0.25, -0.2) is 0 Å². The van der Waals surface area contributed by atoms with E-state index >= 15 is 0 Å². The monoisotopic (exact) mass is 491 g/mol. The molecule has 0 saturated heterocycles. The standard InChI is InChI=1S/C24H21N5O5S/c1-33-20-10-6-16(7-11-20)23-26-27-24(28(23)18-8-12-21(34-2)13-9-18)35-15-22(30)25-17-4-3-5-19(14-17)29(31)32/h3-14H,15H2,1-2H3,(H,25,30). The zero-order valence-electron chi connectivity index (χ0n) is 18.9. The van der Waals surface area contributed by atoms with Gasteiger partial charge in [-0.15, -0.1) is 10.2 Å². The van der Waals surface area contributed by atoms with Crippen LogP contribution in [0.3, 0.4) is 0 Å². The van der Waals surface area contributed by atoms with Crippen molar-refractivity contribution in [3.63, 3.8) is 0 Å². The van der Waals surface area contributed by atoms with Gasteiger partial charge in [-0.1, -0.05) is 17.8 Å². The van der Waals surface area contributed by atoms with Gasteiger partial charge in [-0.05, 0) is 54.6 Å². The van der Waals surface area contributed by atoms with Crippen LogP contribution in [0.2, 0.25) is 0 Å². The number of anilines is 1. The summed E-state index contributed by atoms with van der Waals surface area (Å²) >= 11 is 1.20. The first-order chi connectivity index (χ1) is 17.0. The third-order valence-electron chi connectivity index (χ3n) is 4.99. The molecule has 11 heteroatoms. The van der Waals surface area contributed by atoms with Gasteiger partial charge in [-0.3, -0.25) is 19.5 Å². The highest BCUT2D eigenvalue weighted by Gasteiger charge is 2.18. The van der Waals surface area contributed by atoms with Gasteiger partial charge in [0.1, 0.15) is 11.5 Å². The number of methoxy groups -OCH3 is 2. The molecule has 0 aliphatic heterocycles. The van der Waals surface area contributed by atoms with Gasteiger partial charge in [0.25, 0.3) is 5.69 Å². The van der Waals surface area contributed by atoms with E-state index in [1.807, 2.05) is 53.1 Å². The molecule has 0 atom stereocenters. The lowest BCUT2D eigenvalue weighted by molar-refractivity contribution is -0.384. The lowest BCUT2D eigenvalue weighted by Crippen LogP contribution is -2.14. The Bertz CT molecular complexity index is 1340. The fraction of sp³-hybridized carbons (Fsp3) is 0.125. The van der Waals surface area contributed by atoms with Gasteiger partial charge in [0.15, 0.2) is 11.0 Å². The lowest BCUT2D eigenvalue weighted by atomic mass is 10.2. The molecule has 35 heavy (non-hydrogen) atoms. The summed E-state index contributed by atoms with van der Waals surface area (Å²) in [4.78, 5) is 23.0. The Morgan fingerprint density at radius 2 is 1.66 bits per heavy atom. The lowest BCUT2D eigenvalue weighted by Gasteiger charge is -2.11. The Morgan fingerprint density at radius 1 is 1.00 bits per heavy atom. The number of nitro benzene ring substituents is 1. The number of benzene rings is 3. The number of hydrogen-bond donors (Lipinski definition) is 1. The van der Waals surface area contributed by atoms with E-state index in [0.717, 1.165) is 17.0 Å². The Labute approximate surface area is 205 Å². The van der Waals surface area contributed by atoms with Gasteiger partial charge in [0, 0.05) is 29.1 Å². The summed E-state index contributed by atoms with van der Waals surface area (Å²) in [5, 5.41) is 22.8. The van der Waals surface area contributed by atoms with Crippen molar-refractivity contribution in [2.75, 3.05) is 25.3 Å². The van der Waals surface area contributed by atoms with E-state index in [1.165, 1.54) is 30.0 Å². The van der Waals surface area contributed by atoms with E-state index < -0.39 is 4.92 Å². The molecule has 1 aromatic heterocycles. The van der Waals surface area contributed by atoms with Crippen molar-refractivity contribution in [1.82, 2.24) is 14.8 Å². The van der Waals surface area contributed by atoms with Crippen LogP contribution in [0.15, 0.2) is 78.0 Å². The second-order valence-electron chi connectivity index (χ2n) is 7.21. The average molecular weight is 492 g/mol. The number of non-ortho nitro benzene ring substituents is 1. The number of nitrogens with one attached hydrogen (secondary N) is 1. The van der Waals surface area contributed by atoms with Crippen LogP contribution < -0.4 is 14.8 Å². The fourth-order valence-electron chi connectivity index (χ4n) is 3.28. The minimum atomic E-state index is -0.511. The van der Waals surface area contributed by atoms with Gasteiger partial charge >= 0.3 is 0 Å². The smallest absolute Gasteiger partial charge is 0.271 e. The van der Waals surface area contributed by atoms with Crippen LogP contribution in [-0.2, 0) is 4.79 Å². The fourth-order valence-corrected chi connectivity index (χ4v) is 4.03. The Kier molecular flexibility index (Phi) is 7.27. The number of ether oxygens (including phenoxy) is 2. The number of nitro groups is 1. The van der Waals surface area contributed by atoms with Crippen molar-refractivity contribution in [3.8, 4) is 28.6 Å². The summed E-state index contributed by atoms with van der Waals surface area (Å²) in [6.45, 7) is 0. The van der Waals surface area contributed by atoms with Crippen molar-refractivity contribution in [1.29, 1.82) is 0 Å². The van der Waals surface area contributed by atoms with E-state index in [4.69, 9.17) is 9.47 Å². The number of carbonyl (C=O) groups is 1. The molecule has 4 rings (SSSR count). The summed E-state index contributed by atoms with van der Waals surface area (Å²) in [5.74, 6) is 1.72. The van der Waals surface area contributed by atoms with Crippen molar-refractivity contribution in [2.24, 2.45) is 0 Å². The maximum Gasteiger partial charge on any atom is 0.271 e. The molecule has 178 valence electrons. The minimum absolute atomic E-state index is 0.0274. The first-order valence-electron chi connectivity index (χ1n) is 10.4. The van der Waals surface area contributed by atoms with Gasteiger partial charge in [-0.2, -0.15) is 0 Å². The quantitative estimate of drug-likeness (QED) is 0.205. The molecule has 4 aromatic rings. The van der Waals surface area contributed by atoms with Crippen LogP contribution >= 0.6 is 11.8 Å². The summed E-state index contributed by atoms with van der Waals surface area (Å²) in [6, 6.07) is 20.6. The zero-order chi connectivity index (χ0) is 24.8. The molecule has 0 bridgehead atoms. The summed E-state index contributed by atoms with van der Waals surface area (Å²) in [7, 11) is 3.19. The maximum atomic E-state index is 12.6. The highest BCUT2D eigenvalue weighted by Crippen LogP contribution is 2.30. The van der Waals surface area contributed by atoms with Gasteiger partial charge in [0.05, 0.1) is 24.9 Å². The Morgan fingerprint density at radius 3 is 2.29 bits per heavy atom. The Balaban J connectivity index is 1.59. The molecular weight excluding hydrogens is 470 g/mol. The average Bonchev–Trinajstić information content (AvgIpc) is 3.31. The zero-order valence-corrected chi connectivity index (χ0v) is 19.7. The van der Waals surface area contributed by atoms with E-state index in [-0.39, 0.29) is 17.3 Å². The summed E-state index contributed by atoms with van der Waals surface area (Å²) in [6.07, 6.45) is 0. The number of rotatable bonds is 9. The molecule has 3 aromatic carbocycles. The Hall–Kier alpha value is -4.38. The van der Waals surface area contributed by atoms with Crippen molar-refractivity contribution in [2.45, 2.75) is 5.16 Å². The number of aromatic nitrogens is 3. The minimum Gasteiger partial charge on any atom is -0.497 e. The first-order valence-corrected chi connectivity index (χ1v) is 11.4. The molecule has 0 aliphatic carbocycles. The predicted octanol–water partition coefficient (Wildman–Crippen LogP) is 4.59. The number of carbonyl (C=O) groups excluding carboxylic acids is 1. The topological polar surface area (TPSA) is 121 Å². The maximum absolute atomic E-state index is 12.6. The van der Waals surface area contributed by atoms with Crippen LogP contribution in [0.5, 0.6) is 11.5 Å². The number of amides is 1. The number of nitrogens with zero attached hydrogens (tertiary/aromatic N) is 4. The summed E-state index contributed by atoms with van der Waals surface area (Å²) < 4.78 is 12.4. The van der Waals surface area contributed by atoms with Crippen LogP contribution in [0.4, 0.5) is 11.4 Å². The molecular formula is C24H21N5O5S. The van der Waals surface area contributed by atoms with Crippen molar-refractivity contribution in [3.05, 3.63) is 82.9 Å². The molecule has 0 aliphatic rings. The molecule has 1 heterocycles. The van der Waals surface area contributed by atoms with E-state index in [2.05, 4.69) is 15.5 Å². The van der Waals surface area contributed by atoms with Crippen LogP contribution in [-0.4, -0.2) is 45.6 Å². The van der Waals surface area contributed by atoms with Crippen molar-refractivity contribution >= 4 is 29.0 Å². The normalized spacial score (nSPS) is 10.6. The van der Waals surface area contributed by atoms with E-state index in [9.17, 15) is 14.9 Å². The second-order valence-corrected chi connectivity index (χ2v) is 8.15. The largest absolute Gasteiger partial charge is 0.497 e. The SMILES string of the molecule is COc1ccc(-c2nnc(SCC(=O)Nc3cccc([N+](=O)[O-])c3)n2-c2ccc(OC)cc2)cc1. The third kappa shape index (κ3) is 5.58. The van der Waals surface area contributed by atoms with Crippen LogP contribution in [0, 0.1) is 10.1 Å². The number of hydrogen-bond acceptors (Lipinski definition) is 8. The van der Waals surface area contributed by atoms with Gasteiger partial charge in [0.2, 0.25) is 5.91 Å². The molecule has 0 spiro atoms. The molecule has 0 fully saturated rings. The highest BCUT2D eigenvalue weighted by molar-refractivity contribution is 7.99. The second kappa shape index (κ2) is 10.7. The molecule has 0 saturated carbocycles. The van der Waals surface area contributed by atoms with Crippen LogP contribution in [0.25, 0.3) is 17.1 Å². The van der Waals surface area contributed by atoms with Crippen LogP contribution in [0.1, 0.15) is 0 Å².